The molecule has 2 aliphatic heterocycles. The molecule has 6 atom stereocenters. The van der Waals surface area contributed by atoms with E-state index in [-0.39, 0.29) is 46.4 Å². The molecule has 2 saturated heterocycles. The largest absolute Gasteiger partial charge is 0.463 e. The number of imide groups is 2. The van der Waals surface area contributed by atoms with E-state index < -0.39 is 92.3 Å². The molecule has 51 heavy (non-hydrogen) atoms. The molecule has 0 bridgehead atoms. The van der Waals surface area contributed by atoms with Crippen molar-refractivity contribution in [1.29, 1.82) is 0 Å². The minimum Gasteiger partial charge on any atom is -0.463 e. The van der Waals surface area contributed by atoms with Crippen LogP contribution in [-0.2, 0) is 25.8 Å². The lowest BCUT2D eigenvalue weighted by Gasteiger charge is -2.48. The molecular weight excluding hydrogens is 693 g/mol. The number of benzene rings is 2. The average Bonchev–Trinajstić information content (AvgIpc) is 3.71. The lowest BCUT2D eigenvalue weighted by atomic mass is 9.52. The summed E-state index contributed by atoms with van der Waals surface area (Å²) in [5, 5.41) is 33.6. The van der Waals surface area contributed by atoms with E-state index in [4.69, 9.17) is 16.0 Å². The number of nitro benzene ring substituents is 2. The van der Waals surface area contributed by atoms with Crippen molar-refractivity contribution in [1.82, 2.24) is 0 Å². The number of aliphatic hydroxyl groups excluding tert-OH is 1. The fourth-order valence-electron chi connectivity index (χ4n) is 8.53. The van der Waals surface area contributed by atoms with Crippen molar-refractivity contribution in [2.45, 2.75) is 32.3 Å². The van der Waals surface area contributed by atoms with Crippen LogP contribution >= 0.6 is 11.6 Å². The Hall–Kier alpha value is -5.48. The molecule has 3 fully saturated rings. The van der Waals surface area contributed by atoms with E-state index in [1.165, 1.54) is 37.2 Å². The summed E-state index contributed by atoms with van der Waals surface area (Å²) in [5.74, 6) is -7.97. The molecule has 3 aromatic rings. The highest BCUT2D eigenvalue weighted by Gasteiger charge is 2.68. The number of nitrogens with zero attached hydrogens (tertiary/aromatic N) is 5. The van der Waals surface area contributed by atoms with Gasteiger partial charge in [-0.3, -0.25) is 39.4 Å². The topological polar surface area (TPSA) is 198 Å². The maximum Gasteiger partial charge on any atom is 0.301 e. The lowest BCUT2D eigenvalue weighted by Crippen LogP contribution is -2.48. The van der Waals surface area contributed by atoms with Gasteiger partial charge in [-0.05, 0) is 56.0 Å². The van der Waals surface area contributed by atoms with Gasteiger partial charge in [0.2, 0.25) is 23.6 Å². The first-order chi connectivity index (χ1) is 24.1. The normalized spacial score (nSPS) is 26.9. The van der Waals surface area contributed by atoms with Gasteiger partial charge in [0, 0.05) is 26.2 Å². The molecule has 4 amide bonds. The molecule has 1 saturated carbocycles. The van der Waals surface area contributed by atoms with Crippen molar-refractivity contribution in [3.05, 3.63) is 96.7 Å². The number of rotatable bonds is 7. The second-order valence-electron chi connectivity index (χ2n) is 13.5. The third kappa shape index (κ3) is 4.80. The lowest BCUT2D eigenvalue weighted by molar-refractivity contribution is -0.392. The third-order valence-corrected chi connectivity index (χ3v) is 11.0. The molecule has 15 nitrogen and oxygen atoms in total. The standard InChI is InChI=1S/C34H29ClFN5O10/c1-34-21(31(44)39(33(34)46)15-4-8-23(36)22(35)10-15)13-20-18(28(34)26-9-5-17(14-42)51-26)6-7-19-27(20)32(45)38(30(19)43)16-11-24(40(47)48)29(37(2)3)25(12-16)41(49)50/h4-6,8-12,19-21,27-28,42H,7,13-14H2,1-3H3. The van der Waals surface area contributed by atoms with Crippen molar-refractivity contribution < 1.29 is 42.9 Å². The number of allylic oxidation sites excluding steroid dienone is 2. The van der Waals surface area contributed by atoms with Crippen LogP contribution in [0.2, 0.25) is 5.02 Å². The van der Waals surface area contributed by atoms with E-state index in [9.17, 15) is 48.9 Å². The number of amides is 4. The van der Waals surface area contributed by atoms with E-state index in [1.54, 1.807) is 19.1 Å². The molecule has 4 aliphatic rings. The zero-order valence-corrected chi connectivity index (χ0v) is 28.0. The van der Waals surface area contributed by atoms with Gasteiger partial charge in [-0.15, -0.1) is 0 Å². The molecule has 264 valence electrons. The summed E-state index contributed by atoms with van der Waals surface area (Å²) < 4.78 is 20.1. The number of furan rings is 1. The highest BCUT2D eigenvalue weighted by Crippen LogP contribution is 2.64. The monoisotopic (exact) mass is 721 g/mol. The Bertz CT molecular complexity index is 2100. The van der Waals surface area contributed by atoms with Crippen LogP contribution in [0.25, 0.3) is 0 Å². The Labute approximate surface area is 293 Å². The predicted molar refractivity (Wildman–Crippen MR) is 177 cm³/mol. The van der Waals surface area contributed by atoms with Crippen LogP contribution in [0, 0.1) is 55.1 Å². The van der Waals surface area contributed by atoms with Crippen molar-refractivity contribution in [2.75, 3.05) is 28.8 Å². The molecular formula is C34H29ClFN5O10. The fourth-order valence-corrected chi connectivity index (χ4v) is 8.71. The number of anilines is 3. The van der Waals surface area contributed by atoms with Crippen LogP contribution in [0.3, 0.4) is 0 Å². The van der Waals surface area contributed by atoms with E-state index in [1.807, 2.05) is 0 Å². The number of carbonyl (C=O) groups excluding carboxylic acids is 4. The average molecular weight is 722 g/mol. The zero-order valence-electron chi connectivity index (χ0n) is 27.2. The SMILES string of the molecule is CN(C)c1c([N+](=O)[O-])cc(N2C(=O)C3CC=C4C(CC5C(=O)N(c6ccc(F)c(Cl)c6)C(=O)C5(C)C4c4ccc(CO)o4)C3C2=O)cc1[N+](=O)[O-]. The summed E-state index contributed by atoms with van der Waals surface area (Å²) >= 11 is 6.03. The van der Waals surface area contributed by atoms with Crippen LogP contribution in [0.5, 0.6) is 0 Å². The van der Waals surface area contributed by atoms with Gasteiger partial charge in [-0.2, -0.15) is 0 Å². The summed E-state index contributed by atoms with van der Waals surface area (Å²) in [6, 6.07) is 8.45. The van der Waals surface area contributed by atoms with E-state index >= 15 is 0 Å². The first-order valence-electron chi connectivity index (χ1n) is 15.9. The number of nitro groups is 2. The summed E-state index contributed by atoms with van der Waals surface area (Å²) in [5.41, 5.74) is -2.92. The summed E-state index contributed by atoms with van der Waals surface area (Å²) in [7, 11) is 2.78. The van der Waals surface area contributed by atoms with Gasteiger partial charge in [0.05, 0.1) is 55.3 Å². The minimum absolute atomic E-state index is 0.0156. The molecule has 17 heteroatoms. The first kappa shape index (κ1) is 34.0. The maximum absolute atomic E-state index is 14.4. The first-order valence-corrected chi connectivity index (χ1v) is 16.2. The molecule has 1 N–H and O–H groups in total. The Kier molecular flexibility index (Phi) is 7.87. The van der Waals surface area contributed by atoms with Crippen molar-refractivity contribution in [3.8, 4) is 0 Å². The van der Waals surface area contributed by atoms with Crippen LogP contribution in [0.1, 0.15) is 37.2 Å². The molecule has 2 aliphatic carbocycles. The van der Waals surface area contributed by atoms with E-state index in [2.05, 4.69) is 0 Å². The number of halogens is 2. The van der Waals surface area contributed by atoms with Crippen molar-refractivity contribution >= 4 is 63.7 Å². The van der Waals surface area contributed by atoms with Gasteiger partial charge in [-0.1, -0.05) is 23.3 Å². The van der Waals surface area contributed by atoms with Gasteiger partial charge >= 0.3 is 11.4 Å². The van der Waals surface area contributed by atoms with Crippen LogP contribution < -0.4 is 14.7 Å². The Balaban J connectivity index is 1.35. The third-order valence-electron chi connectivity index (χ3n) is 10.7. The van der Waals surface area contributed by atoms with Gasteiger partial charge in [-0.25, -0.2) is 14.2 Å². The Morgan fingerprint density at radius 2 is 1.63 bits per heavy atom. The molecule has 1 aromatic heterocycles. The van der Waals surface area contributed by atoms with Crippen LogP contribution in [0.4, 0.5) is 32.8 Å². The van der Waals surface area contributed by atoms with Crippen molar-refractivity contribution in [3.63, 3.8) is 0 Å². The molecule has 7 rings (SSSR count). The van der Waals surface area contributed by atoms with Crippen molar-refractivity contribution in [2.24, 2.45) is 29.1 Å². The Morgan fingerprint density at radius 3 is 2.20 bits per heavy atom. The molecule has 6 unspecified atom stereocenters. The molecule has 0 spiro atoms. The van der Waals surface area contributed by atoms with Gasteiger partial charge < -0.3 is 14.4 Å². The number of hydrogen-bond acceptors (Lipinski definition) is 11. The second kappa shape index (κ2) is 11.8. The van der Waals surface area contributed by atoms with Gasteiger partial charge in [0.25, 0.3) is 0 Å². The summed E-state index contributed by atoms with van der Waals surface area (Å²) in [6.07, 6.45) is 1.70. The predicted octanol–water partition coefficient (Wildman–Crippen LogP) is 4.88. The van der Waals surface area contributed by atoms with Gasteiger partial charge in [0.1, 0.15) is 23.9 Å². The number of carbonyl (C=O) groups is 4. The second-order valence-corrected chi connectivity index (χ2v) is 13.9. The smallest absolute Gasteiger partial charge is 0.301 e. The number of aliphatic hydroxyl groups is 1. The number of fused-ring (bicyclic) bond motifs is 4. The highest BCUT2D eigenvalue weighted by molar-refractivity contribution is 6.32. The van der Waals surface area contributed by atoms with Crippen LogP contribution in [-0.4, -0.2) is 52.7 Å². The summed E-state index contributed by atoms with van der Waals surface area (Å²) in [6.45, 7) is 1.15. The highest BCUT2D eigenvalue weighted by atomic mass is 35.5. The zero-order chi connectivity index (χ0) is 36.8. The Morgan fingerprint density at radius 1 is 0.961 bits per heavy atom. The van der Waals surface area contributed by atoms with Crippen LogP contribution in [0.15, 0.2) is 58.5 Å². The minimum atomic E-state index is -1.49. The molecule has 0 radical (unpaired) electrons. The molecule has 3 heterocycles. The van der Waals surface area contributed by atoms with E-state index in [0.717, 1.165) is 28.0 Å². The quantitative estimate of drug-likeness (QED) is 0.151. The molecule has 2 aromatic carbocycles. The number of hydrogen-bond donors (Lipinski definition) is 1. The van der Waals surface area contributed by atoms with E-state index in [0.29, 0.717) is 5.57 Å². The summed E-state index contributed by atoms with van der Waals surface area (Å²) in [4.78, 5) is 82.5. The van der Waals surface area contributed by atoms with Gasteiger partial charge in [0.15, 0.2) is 5.69 Å². The fraction of sp³-hybridized carbons (Fsp3) is 0.353. The maximum atomic E-state index is 14.4.